The maximum atomic E-state index is 12.2. The number of aromatic nitrogens is 1. The van der Waals surface area contributed by atoms with E-state index in [2.05, 4.69) is 11.9 Å². The van der Waals surface area contributed by atoms with Crippen LogP contribution in [0, 0.1) is 29.1 Å². The number of fused-ring (bicyclic) bond motifs is 1. The highest BCUT2D eigenvalue weighted by Gasteiger charge is 2.59. The predicted octanol–water partition coefficient (Wildman–Crippen LogP) is 3.03. The van der Waals surface area contributed by atoms with Crippen LogP contribution in [-0.2, 0) is 4.79 Å². The van der Waals surface area contributed by atoms with Crippen LogP contribution in [0.15, 0.2) is 30.3 Å². The molecule has 0 radical (unpaired) electrons. The second-order valence-electron chi connectivity index (χ2n) is 9.40. The van der Waals surface area contributed by atoms with Crippen molar-refractivity contribution in [3.05, 3.63) is 36.0 Å². The highest BCUT2D eigenvalue weighted by molar-refractivity contribution is 5.94. The molecule has 6 nitrogen and oxygen atoms in total. The summed E-state index contributed by atoms with van der Waals surface area (Å²) < 4.78 is 6.45. The Morgan fingerprint density at radius 2 is 1.83 bits per heavy atom. The summed E-state index contributed by atoms with van der Waals surface area (Å²) in [4.78, 5) is 28.2. The first-order chi connectivity index (χ1) is 13.9. The van der Waals surface area contributed by atoms with Gasteiger partial charge in [-0.25, -0.2) is 4.98 Å². The summed E-state index contributed by atoms with van der Waals surface area (Å²) in [6.07, 6.45) is 5.10. The van der Waals surface area contributed by atoms with Crippen LogP contribution in [0.3, 0.4) is 0 Å². The number of carbonyl (C=O) groups excluding carboxylic acids is 2. The van der Waals surface area contributed by atoms with Crippen molar-refractivity contribution in [2.45, 2.75) is 45.1 Å². The summed E-state index contributed by atoms with van der Waals surface area (Å²) in [5, 5.41) is 0.914. The molecule has 4 bridgehead atoms. The number of primary amides is 2. The number of nitrogens with two attached hydrogens (primary N) is 2. The molecule has 2 amide bonds. The second-order valence-corrected chi connectivity index (χ2v) is 9.40. The fourth-order valence-corrected chi connectivity index (χ4v) is 6.76. The molecule has 4 aliphatic rings. The standard InChI is InChI=1S/C23H27N3O3/c1-12(19-15-7-13-8-16(19)11-23(9-13,10-15)22(25)28)29-18-4-2-3-14-5-6-17(21(24)27)26-20(14)18/h2-6,12-13,15-16,19H,7-11H2,1H3,(H2,24,27)(H2,25,28). The van der Waals surface area contributed by atoms with Crippen LogP contribution in [0.25, 0.3) is 10.9 Å². The molecule has 29 heavy (non-hydrogen) atoms. The van der Waals surface area contributed by atoms with Gasteiger partial charge < -0.3 is 16.2 Å². The molecule has 1 heterocycles. The molecule has 3 unspecified atom stereocenters. The van der Waals surface area contributed by atoms with Gasteiger partial charge in [0, 0.05) is 16.7 Å². The van der Waals surface area contributed by atoms with E-state index in [1.165, 1.54) is 12.8 Å². The van der Waals surface area contributed by atoms with Crippen molar-refractivity contribution in [3.8, 4) is 5.75 Å². The van der Waals surface area contributed by atoms with Gasteiger partial charge in [-0.15, -0.1) is 0 Å². The van der Waals surface area contributed by atoms with E-state index in [0.29, 0.717) is 34.9 Å². The summed E-state index contributed by atoms with van der Waals surface area (Å²) in [6.45, 7) is 2.13. The average molecular weight is 393 g/mol. The molecule has 3 atom stereocenters. The maximum absolute atomic E-state index is 12.2. The Morgan fingerprint density at radius 1 is 1.10 bits per heavy atom. The van der Waals surface area contributed by atoms with Gasteiger partial charge in [-0.2, -0.15) is 0 Å². The number of hydrogen-bond acceptors (Lipinski definition) is 4. The van der Waals surface area contributed by atoms with Gasteiger partial charge in [0.1, 0.15) is 17.0 Å². The zero-order valence-electron chi connectivity index (χ0n) is 16.6. The van der Waals surface area contributed by atoms with E-state index in [-0.39, 0.29) is 23.1 Å². The normalized spacial score (nSPS) is 33.6. The van der Waals surface area contributed by atoms with Crippen LogP contribution in [0.1, 0.15) is 49.5 Å². The van der Waals surface area contributed by atoms with Crippen LogP contribution < -0.4 is 16.2 Å². The number of para-hydroxylation sites is 1. The molecule has 4 aliphatic carbocycles. The van der Waals surface area contributed by atoms with Gasteiger partial charge in [-0.3, -0.25) is 9.59 Å². The van der Waals surface area contributed by atoms with Crippen molar-refractivity contribution in [3.63, 3.8) is 0 Å². The number of hydrogen-bond donors (Lipinski definition) is 2. The van der Waals surface area contributed by atoms with Crippen LogP contribution in [0.5, 0.6) is 5.75 Å². The fourth-order valence-electron chi connectivity index (χ4n) is 6.76. The van der Waals surface area contributed by atoms with Crippen molar-refractivity contribution in [2.24, 2.45) is 40.6 Å². The minimum atomic E-state index is -0.549. The number of benzene rings is 1. The first-order valence-electron chi connectivity index (χ1n) is 10.5. The van der Waals surface area contributed by atoms with E-state index >= 15 is 0 Å². The van der Waals surface area contributed by atoms with Crippen molar-refractivity contribution in [2.75, 3.05) is 0 Å². The smallest absolute Gasteiger partial charge is 0.267 e. The van der Waals surface area contributed by atoms with E-state index < -0.39 is 5.91 Å². The Bertz CT molecular complexity index is 988. The van der Waals surface area contributed by atoms with Crippen LogP contribution >= 0.6 is 0 Å². The Hall–Kier alpha value is -2.63. The Morgan fingerprint density at radius 3 is 2.48 bits per heavy atom. The zero-order chi connectivity index (χ0) is 20.3. The Balaban J connectivity index is 1.43. The van der Waals surface area contributed by atoms with Gasteiger partial charge in [0.2, 0.25) is 5.91 Å². The van der Waals surface area contributed by atoms with E-state index in [0.717, 1.165) is 24.6 Å². The van der Waals surface area contributed by atoms with Gasteiger partial charge in [0.05, 0.1) is 6.10 Å². The minimum Gasteiger partial charge on any atom is -0.488 e. The first kappa shape index (κ1) is 18.4. The quantitative estimate of drug-likeness (QED) is 0.814. The highest BCUT2D eigenvalue weighted by atomic mass is 16.5. The molecule has 2 aromatic rings. The largest absolute Gasteiger partial charge is 0.488 e. The molecule has 1 aromatic carbocycles. The van der Waals surface area contributed by atoms with Gasteiger partial charge >= 0.3 is 0 Å². The maximum Gasteiger partial charge on any atom is 0.267 e. The van der Waals surface area contributed by atoms with Gasteiger partial charge in [0.15, 0.2) is 0 Å². The van der Waals surface area contributed by atoms with Crippen LogP contribution in [-0.4, -0.2) is 22.9 Å². The van der Waals surface area contributed by atoms with Gasteiger partial charge in [-0.1, -0.05) is 18.2 Å². The lowest BCUT2D eigenvalue weighted by molar-refractivity contribution is -0.156. The third kappa shape index (κ3) is 2.88. The summed E-state index contributed by atoms with van der Waals surface area (Å²) in [7, 11) is 0. The van der Waals surface area contributed by atoms with Gasteiger partial charge in [0.25, 0.3) is 5.91 Å². The molecule has 6 rings (SSSR count). The lowest BCUT2D eigenvalue weighted by Gasteiger charge is -2.59. The SMILES string of the molecule is CC(Oc1cccc2ccc(C(N)=O)nc12)C1C2CC3CC1CC(C(N)=O)(C3)C2. The Labute approximate surface area is 170 Å². The van der Waals surface area contributed by atoms with E-state index in [4.69, 9.17) is 16.2 Å². The lowest BCUT2D eigenvalue weighted by atomic mass is 9.45. The Kier molecular flexibility index (Phi) is 4.09. The van der Waals surface area contributed by atoms with E-state index in [1.54, 1.807) is 6.07 Å². The molecule has 4 N–H and O–H groups in total. The average Bonchev–Trinajstić information content (AvgIpc) is 2.67. The third-order valence-corrected chi connectivity index (χ3v) is 7.66. The number of amides is 2. The minimum absolute atomic E-state index is 0.000407. The summed E-state index contributed by atoms with van der Waals surface area (Å²) >= 11 is 0. The topological polar surface area (TPSA) is 108 Å². The monoisotopic (exact) mass is 393 g/mol. The summed E-state index contributed by atoms with van der Waals surface area (Å²) in [5.41, 5.74) is 11.8. The van der Waals surface area contributed by atoms with Crippen LogP contribution in [0.2, 0.25) is 0 Å². The molecule has 4 fully saturated rings. The van der Waals surface area contributed by atoms with E-state index in [9.17, 15) is 9.59 Å². The molecule has 0 spiro atoms. The van der Waals surface area contributed by atoms with Crippen molar-refractivity contribution in [1.82, 2.24) is 4.98 Å². The van der Waals surface area contributed by atoms with Crippen LogP contribution in [0.4, 0.5) is 0 Å². The molecular weight excluding hydrogens is 366 g/mol. The molecule has 6 heteroatoms. The number of ether oxygens (including phenoxy) is 1. The molecule has 152 valence electrons. The second kappa shape index (κ2) is 6.44. The fraction of sp³-hybridized carbons (Fsp3) is 0.522. The third-order valence-electron chi connectivity index (χ3n) is 7.66. The molecule has 4 saturated carbocycles. The molecule has 1 aromatic heterocycles. The molecule has 0 aliphatic heterocycles. The number of nitrogens with zero attached hydrogens (tertiary/aromatic N) is 1. The highest BCUT2D eigenvalue weighted by Crippen LogP contribution is 2.63. The zero-order valence-corrected chi connectivity index (χ0v) is 16.6. The number of rotatable bonds is 5. The molecular formula is C23H27N3O3. The van der Waals surface area contributed by atoms with E-state index in [1.807, 2.05) is 24.3 Å². The summed E-state index contributed by atoms with van der Waals surface area (Å²) in [5.74, 6) is 2.01. The lowest BCUT2D eigenvalue weighted by Crippen LogP contribution is -2.58. The van der Waals surface area contributed by atoms with Gasteiger partial charge in [-0.05, 0) is 68.9 Å². The molecule has 0 saturated heterocycles. The van der Waals surface area contributed by atoms with Crippen molar-refractivity contribution >= 4 is 22.7 Å². The first-order valence-corrected chi connectivity index (χ1v) is 10.5. The van der Waals surface area contributed by atoms with Crippen molar-refractivity contribution in [1.29, 1.82) is 0 Å². The predicted molar refractivity (Wildman–Crippen MR) is 109 cm³/mol. The van der Waals surface area contributed by atoms with Crippen molar-refractivity contribution < 1.29 is 14.3 Å². The summed E-state index contributed by atoms with van der Waals surface area (Å²) in [6, 6.07) is 9.27. The number of carbonyl (C=O) groups is 2. The number of pyridine rings is 1.